The van der Waals surface area contributed by atoms with Gasteiger partial charge in [-0.1, -0.05) is 13.8 Å². The molecule has 0 radical (unpaired) electrons. The number of hydrogen-bond acceptors (Lipinski definition) is 5. The van der Waals surface area contributed by atoms with Gasteiger partial charge in [0.1, 0.15) is 6.54 Å². The van der Waals surface area contributed by atoms with E-state index < -0.39 is 0 Å². The zero-order chi connectivity index (χ0) is 10.9. The summed E-state index contributed by atoms with van der Waals surface area (Å²) in [5.74, 6) is 0.408. The Morgan fingerprint density at radius 1 is 1.53 bits per heavy atom. The maximum Gasteiger partial charge on any atom is 0.178 e. The summed E-state index contributed by atoms with van der Waals surface area (Å²) in [5, 5.41) is 7.93. The minimum Gasteiger partial charge on any atom is -0.381 e. The number of nitrogen functional groups attached to an aromatic ring is 1. The van der Waals surface area contributed by atoms with Crippen molar-refractivity contribution in [2.24, 2.45) is 5.41 Å². The lowest BCUT2D eigenvalue weighted by molar-refractivity contribution is -0.228. The Labute approximate surface area is 88.3 Å². The number of anilines is 1. The smallest absolute Gasteiger partial charge is 0.178 e. The second-order valence-corrected chi connectivity index (χ2v) is 4.54. The summed E-state index contributed by atoms with van der Waals surface area (Å²) >= 11 is 0. The molecule has 0 aromatic carbocycles. The van der Waals surface area contributed by atoms with Crippen LogP contribution in [0.2, 0.25) is 0 Å². The standard InChI is InChI=1S/C9H16N4O2/c1-9(2)5-14-8(15-6-9)4-13-11-3-7(10)12-13/h3,8H,4-6H2,1-2H3,(H2,10,12). The number of ether oxygens (including phenoxy) is 2. The number of aromatic nitrogens is 3. The van der Waals surface area contributed by atoms with Crippen LogP contribution in [-0.2, 0) is 16.0 Å². The average Bonchev–Trinajstić information content (AvgIpc) is 2.55. The summed E-state index contributed by atoms with van der Waals surface area (Å²) in [4.78, 5) is 1.48. The lowest BCUT2D eigenvalue weighted by Crippen LogP contribution is -2.39. The molecule has 1 saturated heterocycles. The molecule has 0 bridgehead atoms. The number of hydrogen-bond donors (Lipinski definition) is 1. The average molecular weight is 212 g/mol. The van der Waals surface area contributed by atoms with E-state index in [0.29, 0.717) is 25.6 Å². The maximum absolute atomic E-state index is 5.54. The van der Waals surface area contributed by atoms with Crippen molar-refractivity contribution in [2.45, 2.75) is 26.7 Å². The van der Waals surface area contributed by atoms with Gasteiger partial charge in [-0.2, -0.15) is 9.90 Å². The third-order valence-electron chi connectivity index (χ3n) is 2.19. The Bertz CT molecular complexity index is 327. The fourth-order valence-corrected chi connectivity index (χ4v) is 1.36. The van der Waals surface area contributed by atoms with Crippen LogP contribution in [0.15, 0.2) is 6.20 Å². The first-order chi connectivity index (χ1) is 7.05. The van der Waals surface area contributed by atoms with Gasteiger partial charge in [0.15, 0.2) is 12.1 Å². The van der Waals surface area contributed by atoms with Crippen LogP contribution in [0.4, 0.5) is 5.82 Å². The summed E-state index contributed by atoms with van der Waals surface area (Å²) in [6, 6.07) is 0. The van der Waals surface area contributed by atoms with Crippen molar-refractivity contribution in [2.75, 3.05) is 18.9 Å². The molecule has 0 atom stereocenters. The molecule has 6 heteroatoms. The molecule has 0 saturated carbocycles. The molecule has 2 N–H and O–H groups in total. The Morgan fingerprint density at radius 3 is 2.73 bits per heavy atom. The first-order valence-electron chi connectivity index (χ1n) is 4.94. The van der Waals surface area contributed by atoms with Crippen molar-refractivity contribution in [1.29, 1.82) is 0 Å². The zero-order valence-electron chi connectivity index (χ0n) is 9.01. The van der Waals surface area contributed by atoms with Crippen LogP contribution in [0.3, 0.4) is 0 Å². The zero-order valence-corrected chi connectivity index (χ0v) is 9.01. The Balaban J connectivity index is 1.87. The van der Waals surface area contributed by atoms with E-state index in [9.17, 15) is 0 Å². The van der Waals surface area contributed by atoms with Crippen LogP contribution in [-0.4, -0.2) is 34.5 Å². The van der Waals surface area contributed by atoms with E-state index in [-0.39, 0.29) is 11.7 Å². The normalized spacial score (nSPS) is 21.7. The molecule has 0 aliphatic carbocycles. The molecule has 6 nitrogen and oxygen atoms in total. The van der Waals surface area contributed by atoms with Crippen LogP contribution < -0.4 is 5.73 Å². The predicted molar refractivity (Wildman–Crippen MR) is 53.9 cm³/mol. The third kappa shape index (κ3) is 2.66. The molecule has 84 valence electrons. The van der Waals surface area contributed by atoms with Crippen LogP contribution >= 0.6 is 0 Å². The molecule has 1 aromatic heterocycles. The third-order valence-corrected chi connectivity index (χ3v) is 2.19. The van der Waals surface area contributed by atoms with Gasteiger partial charge in [-0.05, 0) is 0 Å². The molecule has 1 aliphatic heterocycles. The molecular weight excluding hydrogens is 196 g/mol. The minimum atomic E-state index is -0.273. The molecule has 1 fully saturated rings. The van der Waals surface area contributed by atoms with Gasteiger partial charge in [-0.25, -0.2) is 0 Å². The molecule has 2 heterocycles. The van der Waals surface area contributed by atoms with Crippen molar-refractivity contribution in [3.05, 3.63) is 6.20 Å². The Kier molecular flexibility index (Phi) is 2.62. The van der Waals surface area contributed by atoms with Crippen molar-refractivity contribution in [1.82, 2.24) is 15.0 Å². The summed E-state index contributed by atoms with van der Waals surface area (Å²) in [6.45, 7) is 6.07. The molecule has 0 amide bonds. The Hall–Kier alpha value is -1.14. The predicted octanol–water partition coefficient (Wildman–Crippen LogP) is 0.259. The SMILES string of the molecule is CC1(C)COC(Cn2ncc(N)n2)OC1. The molecule has 15 heavy (non-hydrogen) atoms. The van der Waals surface area contributed by atoms with Crippen molar-refractivity contribution in [3.63, 3.8) is 0 Å². The first kappa shape index (κ1) is 10.4. The van der Waals surface area contributed by atoms with Crippen LogP contribution in [0.1, 0.15) is 13.8 Å². The highest BCUT2D eigenvalue weighted by atomic mass is 16.7. The van der Waals surface area contributed by atoms with Gasteiger partial charge in [-0.15, -0.1) is 5.10 Å². The molecule has 2 rings (SSSR count). The maximum atomic E-state index is 5.54. The summed E-state index contributed by atoms with van der Waals surface area (Å²) in [6.07, 6.45) is 1.23. The number of nitrogens with two attached hydrogens (primary N) is 1. The van der Waals surface area contributed by atoms with Gasteiger partial charge in [0.2, 0.25) is 0 Å². The lowest BCUT2D eigenvalue weighted by Gasteiger charge is -2.34. The van der Waals surface area contributed by atoms with Gasteiger partial charge >= 0.3 is 0 Å². The van der Waals surface area contributed by atoms with Gasteiger partial charge < -0.3 is 15.2 Å². The summed E-state index contributed by atoms with van der Waals surface area (Å²) < 4.78 is 11.1. The second kappa shape index (κ2) is 3.79. The molecular formula is C9H16N4O2. The molecule has 1 aromatic rings. The van der Waals surface area contributed by atoms with E-state index in [1.54, 1.807) is 0 Å². The van der Waals surface area contributed by atoms with E-state index in [1.807, 2.05) is 0 Å². The van der Waals surface area contributed by atoms with Crippen molar-refractivity contribution >= 4 is 5.82 Å². The van der Waals surface area contributed by atoms with Crippen molar-refractivity contribution in [3.8, 4) is 0 Å². The van der Waals surface area contributed by atoms with Crippen LogP contribution in [0, 0.1) is 5.41 Å². The molecule has 0 spiro atoms. The Morgan fingerprint density at radius 2 is 2.20 bits per heavy atom. The summed E-state index contributed by atoms with van der Waals surface area (Å²) in [7, 11) is 0. The van der Waals surface area contributed by atoms with Crippen LogP contribution in [0.25, 0.3) is 0 Å². The highest BCUT2D eigenvalue weighted by Crippen LogP contribution is 2.23. The largest absolute Gasteiger partial charge is 0.381 e. The first-order valence-corrected chi connectivity index (χ1v) is 4.94. The van der Waals surface area contributed by atoms with Gasteiger partial charge in [-0.3, -0.25) is 0 Å². The topological polar surface area (TPSA) is 75.2 Å². The number of rotatable bonds is 2. The molecule has 1 aliphatic rings. The quantitative estimate of drug-likeness (QED) is 0.761. The van der Waals surface area contributed by atoms with Crippen LogP contribution in [0.5, 0.6) is 0 Å². The van der Waals surface area contributed by atoms with Gasteiger partial charge in [0.05, 0.1) is 19.4 Å². The van der Waals surface area contributed by atoms with E-state index in [4.69, 9.17) is 15.2 Å². The second-order valence-electron chi connectivity index (χ2n) is 4.54. The van der Waals surface area contributed by atoms with E-state index >= 15 is 0 Å². The fraction of sp³-hybridized carbons (Fsp3) is 0.778. The molecule has 0 unspecified atom stereocenters. The highest BCUT2D eigenvalue weighted by Gasteiger charge is 2.28. The lowest BCUT2D eigenvalue weighted by atomic mass is 9.96. The number of nitrogens with zero attached hydrogens (tertiary/aromatic N) is 3. The van der Waals surface area contributed by atoms with E-state index in [2.05, 4.69) is 24.0 Å². The van der Waals surface area contributed by atoms with E-state index in [1.165, 1.54) is 11.0 Å². The monoisotopic (exact) mass is 212 g/mol. The highest BCUT2D eigenvalue weighted by molar-refractivity contribution is 5.19. The minimum absolute atomic E-state index is 0.0903. The van der Waals surface area contributed by atoms with Gasteiger partial charge in [0, 0.05) is 5.41 Å². The summed E-state index contributed by atoms with van der Waals surface area (Å²) in [5.41, 5.74) is 5.54. The van der Waals surface area contributed by atoms with E-state index in [0.717, 1.165) is 0 Å². The fourth-order valence-electron chi connectivity index (χ4n) is 1.36. The van der Waals surface area contributed by atoms with Crippen molar-refractivity contribution < 1.29 is 9.47 Å². The van der Waals surface area contributed by atoms with Gasteiger partial charge in [0.25, 0.3) is 0 Å².